The summed E-state index contributed by atoms with van der Waals surface area (Å²) in [6.45, 7) is 5.09. The first-order valence-corrected chi connectivity index (χ1v) is 12.3. The van der Waals surface area contributed by atoms with Crippen molar-refractivity contribution in [1.82, 2.24) is 9.80 Å². The molecule has 6 nitrogen and oxygen atoms in total. The number of carbonyl (C=O) groups excluding carboxylic acids is 1. The molecule has 0 radical (unpaired) electrons. The molecule has 2 aliphatic rings. The maximum absolute atomic E-state index is 13.4. The molecule has 1 aliphatic heterocycles. The highest BCUT2D eigenvalue weighted by atomic mass is 19.1. The molecule has 1 N–H and O–H groups in total. The predicted octanol–water partition coefficient (Wildman–Crippen LogP) is 3.66. The summed E-state index contributed by atoms with van der Waals surface area (Å²) in [5, 5.41) is 10.5. The van der Waals surface area contributed by atoms with Crippen molar-refractivity contribution < 1.29 is 23.8 Å². The fourth-order valence-corrected chi connectivity index (χ4v) is 4.83. The summed E-state index contributed by atoms with van der Waals surface area (Å²) in [7, 11) is 0. The highest BCUT2D eigenvalue weighted by Gasteiger charge is 2.32. The number of rotatable bonds is 9. The van der Waals surface area contributed by atoms with Crippen LogP contribution in [0.3, 0.4) is 0 Å². The second-order valence-corrected chi connectivity index (χ2v) is 9.43. The average molecular weight is 471 g/mol. The van der Waals surface area contributed by atoms with Crippen LogP contribution in [0.1, 0.15) is 41.6 Å². The molecule has 2 unspecified atom stereocenters. The Morgan fingerprint density at radius 1 is 1.18 bits per heavy atom. The summed E-state index contributed by atoms with van der Waals surface area (Å²) in [5.41, 5.74) is 1.86. The maximum Gasteiger partial charge on any atom is 0.254 e. The van der Waals surface area contributed by atoms with Gasteiger partial charge in [-0.05, 0) is 56.2 Å². The van der Waals surface area contributed by atoms with Gasteiger partial charge < -0.3 is 19.5 Å². The monoisotopic (exact) mass is 470 g/mol. The van der Waals surface area contributed by atoms with Crippen molar-refractivity contribution in [3.05, 3.63) is 65.5 Å². The lowest BCUT2D eigenvalue weighted by atomic mass is 10.1. The molecule has 1 aliphatic carbocycles. The summed E-state index contributed by atoms with van der Waals surface area (Å²) >= 11 is 0. The second kappa shape index (κ2) is 11.8. The fourth-order valence-electron chi connectivity index (χ4n) is 4.83. The van der Waals surface area contributed by atoms with E-state index in [1.54, 1.807) is 12.1 Å². The molecule has 2 aromatic rings. The summed E-state index contributed by atoms with van der Waals surface area (Å²) < 4.78 is 24.7. The van der Waals surface area contributed by atoms with Crippen molar-refractivity contribution in [2.75, 3.05) is 39.4 Å². The van der Waals surface area contributed by atoms with E-state index >= 15 is 0 Å². The topological polar surface area (TPSA) is 62.2 Å². The Kier molecular flexibility index (Phi) is 8.53. The first-order chi connectivity index (χ1) is 16.5. The SMILES string of the molecule is Cc1ccc(C(=O)N(CC2CN(CC(O)COc3ccc(F)cc3)CCO2)C2CCCC2)cc1. The van der Waals surface area contributed by atoms with E-state index in [1.165, 1.54) is 12.1 Å². The standard InChI is InChI=1S/C27H35FN2O4/c1-20-6-8-21(9-7-20)27(32)30(23-4-2-3-5-23)18-26-17-29(14-15-33-26)16-24(31)19-34-25-12-10-22(28)11-13-25/h6-13,23-24,26,31H,2-5,14-19H2,1H3. The zero-order chi connectivity index (χ0) is 23.9. The first-order valence-electron chi connectivity index (χ1n) is 12.3. The van der Waals surface area contributed by atoms with E-state index in [2.05, 4.69) is 4.90 Å². The lowest BCUT2D eigenvalue weighted by molar-refractivity contribution is -0.0566. The van der Waals surface area contributed by atoms with Gasteiger partial charge in [0.05, 0.1) is 12.7 Å². The Balaban J connectivity index is 1.32. The Bertz CT molecular complexity index is 915. The third-order valence-electron chi connectivity index (χ3n) is 6.67. The Hall–Kier alpha value is -2.48. The second-order valence-electron chi connectivity index (χ2n) is 9.43. The summed E-state index contributed by atoms with van der Waals surface area (Å²) in [6.07, 6.45) is 3.60. The van der Waals surface area contributed by atoms with Crippen molar-refractivity contribution in [2.45, 2.75) is 50.9 Å². The van der Waals surface area contributed by atoms with Crippen LogP contribution < -0.4 is 4.74 Å². The molecule has 0 bridgehead atoms. The van der Waals surface area contributed by atoms with E-state index in [0.29, 0.717) is 32.0 Å². The lowest BCUT2D eigenvalue weighted by Crippen LogP contribution is -2.52. The maximum atomic E-state index is 13.4. The normalized spacial score (nSPS) is 20.3. The minimum Gasteiger partial charge on any atom is -0.491 e. The molecule has 1 saturated carbocycles. The molecule has 1 amide bonds. The fraction of sp³-hybridized carbons (Fsp3) is 0.519. The molecule has 2 aromatic carbocycles. The van der Waals surface area contributed by atoms with Gasteiger partial charge in [-0.25, -0.2) is 4.39 Å². The van der Waals surface area contributed by atoms with Crippen LogP contribution in [-0.2, 0) is 4.74 Å². The average Bonchev–Trinajstić information content (AvgIpc) is 3.37. The number of hydrogen-bond acceptors (Lipinski definition) is 5. The van der Waals surface area contributed by atoms with E-state index in [-0.39, 0.29) is 30.5 Å². The van der Waals surface area contributed by atoms with E-state index in [9.17, 15) is 14.3 Å². The third kappa shape index (κ3) is 6.78. The summed E-state index contributed by atoms with van der Waals surface area (Å²) in [5.74, 6) is 0.280. The van der Waals surface area contributed by atoms with Crippen LogP contribution in [0.5, 0.6) is 5.75 Å². The minimum atomic E-state index is -0.677. The number of halogens is 1. The Labute approximate surface area is 201 Å². The first kappa shape index (κ1) is 24.6. The molecule has 0 aromatic heterocycles. The van der Waals surface area contributed by atoms with Crippen LogP contribution in [0.25, 0.3) is 0 Å². The highest BCUT2D eigenvalue weighted by molar-refractivity contribution is 5.94. The van der Waals surface area contributed by atoms with Crippen molar-refractivity contribution in [3.8, 4) is 5.75 Å². The molecule has 0 spiro atoms. The number of aliphatic hydroxyl groups is 1. The molecule has 34 heavy (non-hydrogen) atoms. The quantitative estimate of drug-likeness (QED) is 0.606. The number of β-amino-alcohol motifs (C(OH)–C–C–N with tert-alkyl or cyclic N) is 1. The van der Waals surface area contributed by atoms with Crippen LogP contribution in [0, 0.1) is 12.7 Å². The van der Waals surface area contributed by atoms with Gasteiger partial charge >= 0.3 is 0 Å². The van der Waals surface area contributed by atoms with Gasteiger partial charge in [0.1, 0.15) is 24.3 Å². The van der Waals surface area contributed by atoms with Crippen LogP contribution in [0.4, 0.5) is 4.39 Å². The lowest BCUT2D eigenvalue weighted by Gasteiger charge is -2.38. The molecular weight excluding hydrogens is 435 g/mol. The van der Waals surface area contributed by atoms with Gasteiger partial charge in [-0.2, -0.15) is 0 Å². The Morgan fingerprint density at radius 2 is 1.88 bits per heavy atom. The van der Waals surface area contributed by atoms with Gasteiger partial charge in [-0.15, -0.1) is 0 Å². The van der Waals surface area contributed by atoms with Crippen LogP contribution in [0.15, 0.2) is 48.5 Å². The minimum absolute atomic E-state index is 0.0698. The van der Waals surface area contributed by atoms with E-state index in [1.807, 2.05) is 36.1 Å². The highest BCUT2D eigenvalue weighted by Crippen LogP contribution is 2.26. The van der Waals surface area contributed by atoms with E-state index < -0.39 is 6.10 Å². The number of benzene rings is 2. The van der Waals surface area contributed by atoms with Gasteiger partial charge in [0.25, 0.3) is 5.91 Å². The van der Waals surface area contributed by atoms with Crippen LogP contribution >= 0.6 is 0 Å². The predicted molar refractivity (Wildman–Crippen MR) is 129 cm³/mol. The largest absolute Gasteiger partial charge is 0.491 e. The van der Waals surface area contributed by atoms with Crippen molar-refractivity contribution >= 4 is 5.91 Å². The molecule has 2 fully saturated rings. The number of aryl methyl sites for hydroxylation is 1. The Morgan fingerprint density at radius 3 is 2.59 bits per heavy atom. The summed E-state index contributed by atoms with van der Waals surface area (Å²) in [6, 6.07) is 13.8. The number of amides is 1. The number of aliphatic hydroxyl groups excluding tert-OH is 1. The molecule has 1 saturated heterocycles. The van der Waals surface area contributed by atoms with Crippen molar-refractivity contribution in [1.29, 1.82) is 0 Å². The summed E-state index contributed by atoms with van der Waals surface area (Å²) in [4.78, 5) is 17.6. The molecule has 4 rings (SSSR count). The van der Waals surface area contributed by atoms with E-state index in [0.717, 1.165) is 43.4 Å². The molecular formula is C27H35FN2O4. The zero-order valence-electron chi connectivity index (χ0n) is 19.9. The molecule has 1 heterocycles. The number of nitrogens with zero attached hydrogens (tertiary/aromatic N) is 2. The molecule has 7 heteroatoms. The zero-order valence-corrected chi connectivity index (χ0v) is 19.9. The van der Waals surface area contributed by atoms with Gasteiger partial charge in [-0.1, -0.05) is 30.5 Å². The number of ether oxygens (including phenoxy) is 2. The van der Waals surface area contributed by atoms with Gasteiger partial charge in [0.2, 0.25) is 0 Å². The smallest absolute Gasteiger partial charge is 0.254 e. The molecule has 2 atom stereocenters. The van der Waals surface area contributed by atoms with Crippen LogP contribution in [0.2, 0.25) is 0 Å². The third-order valence-corrected chi connectivity index (χ3v) is 6.67. The number of carbonyl (C=O) groups is 1. The van der Waals surface area contributed by atoms with E-state index in [4.69, 9.17) is 9.47 Å². The van der Waals surface area contributed by atoms with Crippen LogP contribution in [-0.4, -0.2) is 78.5 Å². The van der Waals surface area contributed by atoms with Gasteiger partial charge in [0.15, 0.2) is 0 Å². The van der Waals surface area contributed by atoms with Gasteiger partial charge in [-0.3, -0.25) is 9.69 Å². The van der Waals surface area contributed by atoms with Crippen molar-refractivity contribution in [2.24, 2.45) is 0 Å². The van der Waals surface area contributed by atoms with Gasteiger partial charge in [0, 0.05) is 37.8 Å². The number of hydrogen-bond donors (Lipinski definition) is 1. The number of morpholine rings is 1. The molecule has 184 valence electrons. The van der Waals surface area contributed by atoms with Crippen molar-refractivity contribution in [3.63, 3.8) is 0 Å².